The van der Waals surface area contributed by atoms with Crippen LogP contribution in [0.4, 0.5) is 0 Å². The summed E-state index contributed by atoms with van der Waals surface area (Å²) in [6, 6.07) is 5.45. The highest BCUT2D eigenvalue weighted by Gasteiger charge is 2.34. The van der Waals surface area contributed by atoms with Crippen molar-refractivity contribution < 1.29 is 17.9 Å². The topological polar surface area (TPSA) is 75.7 Å². The lowest BCUT2D eigenvalue weighted by atomic mass is 9.99. The second kappa shape index (κ2) is 8.06. The van der Waals surface area contributed by atoms with E-state index in [1.165, 1.54) is 4.31 Å². The average molecular weight is 381 g/mol. The van der Waals surface area contributed by atoms with E-state index in [2.05, 4.69) is 5.32 Å². The molecule has 2 aliphatic rings. The molecule has 0 aromatic heterocycles. The summed E-state index contributed by atoms with van der Waals surface area (Å²) < 4.78 is 33.1. The van der Waals surface area contributed by atoms with Crippen molar-refractivity contribution in [3.05, 3.63) is 29.3 Å². The second-order valence-corrected chi connectivity index (χ2v) is 9.26. The van der Waals surface area contributed by atoms with Gasteiger partial charge in [-0.2, -0.15) is 4.31 Å². The molecule has 1 aromatic carbocycles. The predicted molar refractivity (Wildman–Crippen MR) is 99.4 cm³/mol. The van der Waals surface area contributed by atoms with Gasteiger partial charge in [0.1, 0.15) is 0 Å². The molecule has 2 atom stereocenters. The number of amides is 1. The van der Waals surface area contributed by atoms with Crippen molar-refractivity contribution in [2.24, 2.45) is 5.92 Å². The van der Waals surface area contributed by atoms with Crippen LogP contribution in [0.5, 0.6) is 0 Å². The fourth-order valence-electron chi connectivity index (χ4n) is 3.66. The number of nitrogens with one attached hydrogen (secondary N) is 1. The van der Waals surface area contributed by atoms with Crippen molar-refractivity contribution in [1.29, 1.82) is 0 Å². The van der Waals surface area contributed by atoms with Crippen LogP contribution in [-0.4, -0.2) is 51.0 Å². The summed E-state index contributed by atoms with van der Waals surface area (Å²) in [5.41, 5.74) is 1.65. The Kier molecular flexibility index (Phi) is 5.99. The maximum atomic E-state index is 13.1. The maximum absolute atomic E-state index is 13.1. The Morgan fingerprint density at radius 2 is 2.08 bits per heavy atom. The number of hydrogen-bond acceptors (Lipinski definition) is 4. The van der Waals surface area contributed by atoms with Crippen LogP contribution < -0.4 is 5.32 Å². The van der Waals surface area contributed by atoms with Crippen molar-refractivity contribution in [2.75, 3.05) is 26.2 Å². The fraction of sp³-hybridized carbons (Fsp3) is 0.632. The van der Waals surface area contributed by atoms with E-state index < -0.39 is 10.0 Å². The van der Waals surface area contributed by atoms with Crippen LogP contribution in [0.1, 0.15) is 36.8 Å². The summed E-state index contributed by atoms with van der Waals surface area (Å²) in [5.74, 6) is -0.369. The summed E-state index contributed by atoms with van der Waals surface area (Å²) in [6.45, 7) is 5.67. The number of carbonyl (C=O) groups is 1. The molecule has 0 aliphatic carbocycles. The predicted octanol–water partition coefficient (Wildman–Crippen LogP) is 2.00. The third-order valence-corrected chi connectivity index (χ3v) is 7.25. The number of carbonyl (C=O) groups excluding carboxylic acids is 1. The first-order chi connectivity index (χ1) is 12.4. The van der Waals surface area contributed by atoms with Crippen LogP contribution in [0.3, 0.4) is 0 Å². The zero-order chi connectivity index (χ0) is 18.7. The van der Waals surface area contributed by atoms with Crippen LogP contribution >= 0.6 is 0 Å². The van der Waals surface area contributed by atoms with Crippen LogP contribution in [0.15, 0.2) is 23.1 Å². The molecule has 0 bridgehead atoms. The van der Waals surface area contributed by atoms with Gasteiger partial charge in [-0.25, -0.2) is 8.42 Å². The number of aryl methyl sites for hydroxylation is 2. The van der Waals surface area contributed by atoms with Crippen molar-refractivity contribution in [3.63, 3.8) is 0 Å². The van der Waals surface area contributed by atoms with Crippen LogP contribution in [0, 0.1) is 19.8 Å². The van der Waals surface area contributed by atoms with Crippen molar-refractivity contribution >= 4 is 15.9 Å². The third-order valence-electron chi connectivity index (χ3n) is 5.24. The molecule has 26 heavy (non-hydrogen) atoms. The molecule has 0 radical (unpaired) electrons. The maximum Gasteiger partial charge on any atom is 0.243 e. The molecular weight excluding hydrogens is 352 g/mol. The summed E-state index contributed by atoms with van der Waals surface area (Å²) in [6.07, 6.45) is 3.51. The monoisotopic (exact) mass is 380 g/mol. The Morgan fingerprint density at radius 1 is 1.27 bits per heavy atom. The molecule has 2 heterocycles. The van der Waals surface area contributed by atoms with Gasteiger partial charge in [0.25, 0.3) is 0 Å². The lowest BCUT2D eigenvalue weighted by Gasteiger charge is -2.31. The van der Waals surface area contributed by atoms with Gasteiger partial charge < -0.3 is 10.1 Å². The second-order valence-electron chi connectivity index (χ2n) is 7.35. The summed E-state index contributed by atoms with van der Waals surface area (Å²) in [5, 5.41) is 2.94. The average Bonchev–Trinajstić information content (AvgIpc) is 3.15. The summed E-state index contributed by atoms with van der Waals surface area (Å²) in [7, 11) is -3.58. The number of nitrogens with zero attached hydrogens (tertiary/aromatic N) is 1. The van der Waals surface area contributed by atoms with E-state index in [0.717, 1.165) is 37.0 Å². The molecule has 2 fully saturated rings. The van der Waals surface area contributed by atoms with Gasteiger partial charge in [0.15, 0.2) is 0 Å². The summed E-state index contributed by atoms with van der Waals surface area (Å²) >= 11 is 0. The SMILES string of the molecule is Cc1ccc(C)c(S(=O)(=O)N2CCCC(C(=O)NCC3CCCO3)C2)c1. The van der Waals surface area contributed by atoms with Gasteiger partial charge in [-0.1, -0.05) is 12.1 Å². The molecule has 0 spiro atoms. The van der Waals surface area contributed by atoms with E-state index in [9.17, 15) is 13.2 Å². The quantitative estimate of drug-likeness (QED) is 0.848. The first-order valence-corrected chi connectivity index (χ1v) is 10.8. The van der Waals surface area contributed by atoms with Gasteiger partial charge in [0, 0.05) is 26.2 Å². The molecule has 0 saturated carbocycles. The molecule has 1 N–H and O–H groups in total. The molecule has 144 valence electrons. The highest BCUT2D eigenvalue weighted by molar-refractivity contribution is 7.89. The van der Waals surface area contributed by atoms with Crippen molar-refractivity contribution in [2.45, 2.75) is 50.5 Å². The third kappa shape index (κ3) is 4.27. The van der Waals surface area contributed by atoms with Crippen LogP contribution in [-0.2, 0) is 19.6 Å². The minimum Gasteiger partial charge on any atom is -0.376 e. The van der Waals surface area contributed by atoms with E-state index in [-0.39, 0.29) is 24.5 Å². The van der Waals surface area contributed by atoms with Gasteiger partial charge in [-0.05, 0) is 56.7 Å². The van der Waals surface area contributed by atoms with E-state index >= 15 is 0 Å². The van der Waals surface area contributed by atoms with Gasteiger partial charge in [0.05, 0.1) is 16.9 Å². The zero-order valence-corrected chi connectivity index (χ0v) is 16.3. The standard InChI is InChI=1S/C19H28N2O4S/c1-14-7-8-15(2)18(11-14)26(23,24)21-9-3-5-16(13-21)19(22)20-12-17-6-4-10-25-17/h7-8,11,16-17H,3-6,9-10,12-13H2,1-2H3,(H,20,22). The lowest BCUT2D eigenvalue weighted by Crippen LogP contribution is -2.46. The number of hydrogen-bond donors (Lipinski definition) is 1. The minimum atomic E-state index is -3.58. The minimum absolute atomic E-state index is 0.0682. The molecule has 1 amide bonds. The van der Waals surface area contributed by atoms with Gasteiger partial charge in [-0.15, -0.1) is 0 Å². The highest BCUT2D eigenvalue weighted by atomic mass is 32.2. The van der Waals surface area contributed by atoms with Crippen molar-refractivity contribution in [3.8, 4) is 0 Å². The van der Waals surface area contributed by atoms with Crippen LogP contribution in [0.25, 0.3) is 0 Å². The lowest BCUT2D eigenvalue weighted by molar-refractivity contribution is -0.126. The Bertz CT molecular complexity index is 757. The smallest absolute Gasteiger partial charge is 0.243 e. The van der Waals surface area contributed by atoms with E-state index in [1.54, 1.807) is 6.07 Å². The van der Waals surface area contributed by atoms with Gasteiger partial charge in [-0.3, -0.25) is 4.79 Å². The summed E-state index contributed by atoms with van der Waals surface area (Å²) in [4.78, 5) is 12.8. The number of ether oxygens (including phenoxy) is 1. The molecule has 6 nitrogen and oxygen atoms in total. The molecule has 3 rings (SSSR count). The number of sulfonamides is 1. The van der Waals surface area contributed by atoms with Crippen molar-refractivity contribution in [1.82, 2.24) is 9.62 Å². The molecule has 2 saturated heterocycles. The number of rotatable bonds is 5. The van der Waals surface area contributed by atoms with Gasteiger partial charge >= 0.3 is 0 Å². The Hall–Kier alpha value is -1.44. The fourth-order valence-corrected chi connectivity index (χ4v) is 5.50. The zero-order valence-electron chi connectivity index (χ0n) is 15.5. The first-order valence-electron chi connectivity index (χ1n) is 9.34. The molecular formula is C19H28N2O4S. The highest BCUT2D eigenvalue weighted by Crippen LogP contribution is 2.26. The van der Waals surface area contributed by atoms with E-state index in [4.69, 9.17) is 4.74 Å². The molecule has 7 heteroatoms. The first kappa shape index (κ1) is 19.3. The number of piperidine rings is 1. The van der Waals surface area contributed by atoms with Crippen LogP contribution in [0.2, 0.25) is 0 Å². The largest absolute Gasteiger partial charge is 0.376 e. The van der Waals surface area contributed by atoms with Gasteiger partial charge in [0.2, 0.25) is 15.9 Å². The van der Waals surface area contributed by atoms with E-state index in [1.807, 2.05) is 26.0 Å². The number of benzene rings is 1. The molecule has 2 aliphatic heterocycles. The Morgan fingerprint density at radius 3 is 2.81 bits per heavy atom. The Balaban J connectivity index is 1.67. The molecule has 2 unspecified atom stereocenters. The normalized spacial score (nSPS) is 24.5. The van der Waals surface area contributed by atoms with E-state index in [0.29, 0.717) is 24.4 Å². The Labute approximate surface area is 156 Å². The molecule has 1 aromatic rings.